The molecule has 2 aliphatic heterocycles. The van der Waals surface area contributed by atoms with Gasteiger partial charge in [-0.05, 0) is 20.9 Å². The van der Waals surface area contributed by atoms with Crippen LogP contribution in [0.4, 0.5) is 0 Å². The van der Waals surface area contributed by atoms with E-state index in [1.807, 2.05) is 7.05 Å². The van der Waals surface area contributed by atoms with Crippen molar-refractivity contribution in [2.24, 2.45) is 0 Å². The van der Waals surface area contributed by atoms with Crippen LogP contribution in [0.2, 0.25) is 0 Å². The summed E-state index contributed by atoms with van der Waals surface area (Å²) in [4.78, 5) is 37.6. The summed E-state index contributed by atoms with van der Waals surface area (Å²) in [5.74, 6) is -1.41. The lowest BCUT2D eigenvalue weighted by molar-refractivity contribution is -0.155. The van der Waals surface area contributed by atoms with Crippen LogP contribution >= 0.6 is 0 Å². The molecule has 0 aromatic rings. The van der Waals surface area contributed by atoms with Crippen LogP contribution in [0.25, 0.3) is 0 Å². The molecule has 2 unspecified atom stereocenters. The molecule has 144 valence electrons. The third-order valence-electron chi connectivity index (χ3n) is 5.22. The normalized spacial score (nSPS) is 28.4. The topological polar surface area (TPSA) is 82.1 Å². The van der Waals surface area contributed by atoms with E-state index >= 15 is 0 Å². The van der Waals surface area contributed by atoms with E-state index in [-0.39, 0.29) is 42.3 Å². The van der Waals surface area contributed by atoms with Crippen LogP contribution in [0.5, 0.6) is 0 Å². The van der Waals surface area contributed by atoms with Crippen molar-refractivity contribution in [3.63, 3.8) is 0 Å². The van der Waals surface area contributed by atoms with Crippen molar-refractivity contribution in [2.45, 2.75) is 63.8 Å². The molecule has 7 nitrogen and oxygen atoms in total. The number of ether oxygens (including phenoxy) is 3. The number of methoxy groups -OCH3 is 1. The van der Waals surface area contributed by atoms with Gasteiger partial charge < -0.3 is 14.2 Å². The highest BCUT2D eigenvalue weighted by molar-refractivity contribution is 5.93. The van der Waals surface area contributed by atoms with Gasteiger partial charge in [0.25, 0.3) is 0 Å². The monoisotopic (exact) mass is 365 g/mol. The van der Waals surface area contributed by atoms with Crippen LogP contribution in [0.1, 0.15) is 39.5 Å². The highest BCUT2D eigenvalue weighted by Crippen LogP contribution is 2.37. The fourth-order valence-corrected chi connectivity index (χ4v) is 3.56. The number of likely N-dealkylation sites (N-methyl/N-ethyl adjacent to an activating group) is 1. The van der Waals surface area contributed by atoms with Crippen molar-refractivity contribution in [3.05, 3.63) is 23.8 Å². The van der Waals surface area contributed by atoms with Gasteiger partial charge in [-0.15, -0.1) is 0 Å². The van der Waals surface area contributed by atoms with Crippen molar-refractivity contribution in [2.75, 3.05) is 14.2 Å². The molecule has 0 aliphatic carbocycles. The first kappa shape index (κ1) is 20.2. The average Bonchev–Trinajstić information content (AvgIpc) is 2.78. The SMILES string of the molecule is C=C(CC(=O)O[C@@H]1CC2C[C@@H](OC(=O)/C(C)=C/C)C(C1)N2C)C(=O)OC. The van der Waals surface area contributed by atoms with E-state index in [2.05, 4.69) is 16.2 Å². The Morgan fingerprint density at radius 2 is 1.85 bits per heavy atom. The summed E-state index contributed by atoms with van der Waals surface area (Å²) in [5.41, 5.74) is 0.653. The van der Waals surface area contributed by atoms with Gasteiger partial charge in [0.1, 0.15) is 12.2 Å². The standard InChI is InChI=1S/C19H27NO6/c1-6-11(2)19(23)26-16-9-13-8-14(10-15(16)20(13)4)25-17(21)7-12(3)18(22)24-5/h6,13-16H,3,7-10H2,1-2,4-5H3/b11-6+/t13?,14-,15?,16-/m1/s1. The number of piperidine rings is 1. The number of fused-ring (bicyclic) bond motifs is 2. The summed E-state index contributed by atoms with van der Waals surface area (Å²) in [6, 6.07) is 0.211. The quantitative estimate of drug-likeness (QED) is 0.403. The zero-order valence-electron chi connectivity index (χ0n) is 15.8. The zero-order valence-corrected chi connectivity index (χ0v) is 15.8. The lowest BCUT2D eigenvalue weighted by atomic mass is 10.00. The summed E-state index contributed by atoms with van der Waals surface area (Å²) in [6.45, 7) is 7.06. The minimum atomic E-state index is -0.614. The first-order valence-corrected chi connectivity index (χ1v) is 8.78. The second kappa shape index (κ2) is 8.49. The third kappa shape index (κ3) is 4.52. The van der Waals surface area contributed by atoms with Crippen molar-refractivity contribution in [3.8, 4) is 0 Å². The first-order valence-electron chi connectivity index (χ1n) is 8.78. The lowest BCUT2D eigenvalue weighted by Crippen LogP contribution is -2.46. The molecule has 0 aromatic carbocycles. The molecule has 7 heteroatoms. The fraction of sp³-hybridized carbons (Fsp3) is 0.632. The highest BCUT2D eigenvalue weighted by atomic mass is 16.6. The van der Waals surface area contributed by atoms with Gasteiger partial charge in [0.2, 0.25) is 0 Å². The van der Waals surface area contributed by atoms with E-state index in [0.717, 1.165) is 6.42 Å². The Morgan fingerprint density at radius 1 is 1.15 bits per heavy atom. The molecule has 2 heterocycles. The number of nitrogens with zero attached hydrogens (tertiary/aromatic N) is 1. The van der Waals surface area contributed by atoms with Gasteiger partial charge in [-0.2, -0.15) is 0 Å². The Bertz CT molecular complexity index is 626. The summed E-state index contributed by atoms with van der Waals surface area (Å²) in [6.07, 6.45) is 3.08. The van der Waals surface area contributed by atoms with Crippen LogP contribution in [0.3, 0.4) is 0 Å². The van der Waals surface area contributed by atoms with Crippen molar-refractivity contribution >= 4 is 17.9 Å². The molecule has 0 N–H and O–H groups in total. The molecular formula is C19H27NO6. The molecule has 0 amide bonds. The lowest BCUT2D eigenvalue weighted by Gasteiger charge is -2.36. The molecule has 2 rings (SSSR count). The van der Waals surface area contributed by atoms with E-state index in [9.17, 15) is 14.4 Å². The van der Waals surface area contributed by atoms with E-state index in [1.165, 1.54) is 7.11 Å². The van der Waals surface area contributed by atoms with Crippen LogP contribution in [0.15, 0.2) is 23.8 Å². The number of carbonyl (C=O) groups is 3. The van der Waals surface area contributed by atoms with Gasteiger partial charge in [-0.25, -0.2) is 9.59 Å². The summed E-state index contributed by atoms with van der Waals surface area (Å²) in [5, 5.41) is 0. The Labute approximate surface area is 154 Å². The smallest absolute Gasteiger partial charge is 0.333 e. The molecule has 0 radical (unpaired) electrons. The van der Waals surface area contributed by atoms with Crippen LogP contribution in [-0.2, 0) is 28.6 Å². The van der Waals surface area contributed by atoms with Crippen molar-refractivity contribution in [1.29, 1.82) is 0 Å². The molecule has 0 aromatic heterocycles. The summed E-state index contributed by atoms with van der Waals surface area (Å²) >= 11 is 0. The first-order chi connectivity index (χ1) is 12.3. The number of hydrogen-bond donors (Lipinski definition) is 0. The summed E-state index contributed by atoms with van der Waals surface area (Å²) in [7, 11) is 3.24. The van der Waals surface area contributed by atoms with E-state index in [0.29, 0.717) is 18.4 Å². The molecule has 2 bridgehead atoms. The minimum absolute atomic E-state index is 0.0176. The Hall–Kier alpha value is -2.15. The Balaban J connectivity index is 1.92. The second-order valence-electron chi connectivity index (χ2n) is 6.89. The Morgan fingerprint density at radius 3 is 2.46 bits per heavy atom. The molecule has 4 atom stereocenters. The molecule has 0 saturated carbocycles. The fourth-order valence-electron chi connectivity index (χ4n) is 3.56. The second-order valence-corrected chi connectivity index (χ2v) is 6.89. The Kier molecular flexibility index (Phi) is 6.58. The predicted molar refractivity (Wildman–Crippen MR) is 94.2 cm³/mol. The number of allylic oxidation sites excluding steroid dienone is 1. The van der Waals surface area contributed by atoms with E-state index < -0.39 is 11.9 Å². The van der Waals surface area contributed by atoms with Crippen molar-refractivity contribution < 1.29 is 28.6 Å². The molecule has 0 spiro atoms. The van der Waals surface area contributed by atoms with Gasteiger partial charge in [0.15, 0.2) is 0 Å². The van der Waals surface area contributed by atoms with Gasteiger partial charge in [-0.3, -0.25) is 9.69 Å². The summed E-state index contributed by atoms with van der Waals surface area (Å²) < 4.78 is 15.7. The van der Waals surface area contributed by atoms with Gasteiger partial charge in [-0.1, -0.05) is 12.7 Å². The van der Waals surface area contributed by atoms with Gasteiger partial charge in [0.05, 0.1) is 19.6 Å². The maximum atomic E-state index is 12.1. The van der Waals surface area contributed by atoms with Crippen LogP contribution in [-0.4, -0.2) is 61.3 Å². The highest BCUT2D eigenvalue weighted by Gasteiger charge is 2.47. The molecular weight excluding hydrogens is 338 g/mol. The number of esters is 3. The maximum Gasteiger partial charge on any atom is 0.333 e. The number of rotatable bonds is 6. The maximum absolute atomic E-state index is 12.1. The van der Waals surface area contributed by atoms with Gasteiger partial charge >= 0.3 is 17.9 Å². The van der Waals surface area contributed by atoms with Crippen LogP contribution in [0, 0.1) is 0 Å². The van der Waals surface area contributed by atoms with E-state index in [1.54, 1.807) is 19.9 Å². The number of carbonyl (C=O) groups excluding carboxylic acids is 3. The molecule has 2 aliphatic rings. The largest absolute Gasteiger partial charge is 0.466 e. The molecule has 2 saturated heterocycles. The third-order valence-corrected chi connectivity index (χ3v) is 5.22. The average molecular weight is 365 g/mol. The molecule has 2 fully saturated rings. The van der Waals surface area contributed by atoms with Gasteiger partial charge in [0, 0.05) is 36.5 Å². The number of hydrogen-bond acceptors (Lipinski definition) is 7. The minimum Gasteiger partial charge on any atom is -0.466 e. The predicted octanol–water partition coefficient (Wildman–Crippen LogP) is 1.76. The molecule has 26 heavy (non-hydrogen) atoms. The zero-order chi connectivity index (χ0) is 19.4. The van der Waals surface area contributed by atoms with Crippen LogP contribution < -0.4 is 0 Å². The van der Waals surface area contributed by atoms with Crippen molar-refractivity contribution in [1.82, 2.24) is 4.90 Å². The van der Waals surface area contributed by atoms with E-state index in [4.69, 9.17) is 9.47 Å².